The van der Waals surface area contributed by atoms with Crippen LogP contribution in [0.1, 0.15) is 17.5 Å². The van der Waals surface area contributed by atoms with Crippen molar-refractivity contribution >= 4 is 22.9 Å². The lowest BCUT2D eigenvalue weighted by molar-refractivity contribution is 0.579. The topological polar surface area (TPSA) is 78.0 Å². The molecule has 8 heteroatoms. The van der Waals surface area contributed by atoms with Crippen LogP contribution in [0.15, 0.2) is 47.7 Å². The van der Waals surface area contributed by atoms with Gasteiger partial charge in [-0.25, -0.2) is 18.8 Å². The minimum Gasteiger partial charge on any atom is -0.324 e. The lowest BCUT2D eigenvalue weighted by Gasteiger charge is -2.16. The Morgan fingerprint density at radius 2 is 1.93 bits per heavy atom. The van der Waals surface area contributed by atoms with Crippen LogP contribution in [0.4, 0.5) is 20.3 Å². The molecule has 2 aliphatic rings. The molecular weight excluding hydrogens is 362 g/mol. The molecule has 0 bridgehead atoms. The highest BCUT2D eigenvalue weighted by molar-refractivity contribution is 6.12. The molecule has 4 heterocycles. The Hall–Kier alpha value is -3.39. The van der Waals surface area contributed by atoms with Crippen LogP contribution in [0.25, 0.3) is 16.8 Å². The summed E-state index contributed by atoms with van der Waals surface area (Å²) in [6, 6.07) is 5.72. The van der Waals surface area contributed by atoms with Gasteiger partial charge in [0.1, 0.15) is 29.0 Å². The second kappa shape index (κ2) is 6.65. The molecule has 1 aromatic carbocycles. The van der Waals surface area contributed by atoms with Crippen LogP contribution < -0.4 is 10.6 Å². The lowest BCUT2D eigenvalue weighted by Crippen LogP contribution is -2.20. The lowest BCUT2D eigenvalue weighted by atomic mass is 9.99. The number of halogens is 2. The zero-order chi connectivity index (χ0) is 19.1. The highest BCUT2D eigenvalue weighted by Crippen LogP contribution is 2.37. The van der Waals surface area contributed by atoms with Crippen molar-refractivity contribution in [2.45, 2.75) is 6.42 Å². The Balaban J connectivity index is 1.65. The number of nitrogens with zero attached hydrogens (tertiary/aromatic N) is 3. The van der Waals surface area contributed by atoms with E-state index in [1.807, 2.05) is 6.07 Å². The number of nitrogens with one attached hydrogen (secondary N) is 3. The molecule has 0 amide bonds. The number of hydrogen-bond acceptors (Lipinski definition) is 5. The number of pyridine rings is 1. The molecule has 140 valence electrons. The Kier molecular flexibility index (Phi) is 3.98. The van der Waals surface area contributed by atoms with Crippen molar-refractivity contribution in [1.82, 2.24) is 20.5 Å². The van der Waals surface area contributed by atoms with Crippen molar-refractivity contribution in [2.24, 2.45) is 4.99 Å². The molecule has 0 saturated carbocycles. The van der Waals surface area contributed by atoms with E-state index in [9.17, 15) is 8.78 Å². The van der Waals surface area contributed by atoms with Gasteiger partial charge in [-0.1, -0.05) is 12.1 Å². The minimum absolute atomic E-state index is 0.0540. The van der Waals surface area contributed by atoms with Gasteiger partial charge >= 0.3 is 0 Å². The summed E-state index contributed by atoms with van der Waals surface area (Å²) in [5, 5.41) is 13.3. The van der Waals surface area contributed by atoms with Crippen molar-refractivity contribution in [1.29, 1.82) is 0 Å². The van der Waals surface area contributed by atoms with Gasteiger partial charge in [0.2, 0.25) is 0 Å². The number of H-pyrrole nitrogens is 1. The Bertz CT molecular complexity index is 1110. The highest BCUT2D eigenvalue weighted by atomic mass is 19.1. The van der Waals surface area contributed by atoms with Crippen molar-refractivity contribution in [2.75, 3.05) is 18.4 Å². The summed E-state index contributed by atoms with van der Waals surface area (Å²) in [5.74, 6) is -0.881. The van der Waals surface area contributed by atoms with Gasteiger partial charge in [0.25, 0.3) is 0 Å². The average Bonchev–Trinajstić information content (AvgIpc) is 3.11. The van der Waals surface area contributed by atoms with Crippen LogP contribution in [-0.2, 0) is 0 Å². The maximum atomic E-state index is 14.3. The second-order valence-electron chi connectivity index (χ2n) is 6.62. The quantitative estimate of drug-likeness (QED) is 0.636. The number of aromatic nitrogens is 3. The molecule has 2 aromatic heterocycles. The Morgan fingerprint density at radius 3 is 2.71 bits per heavy atom. The van der Waals surface area contributed by atoms with Crippen molar-refractivity contribution < 1.29 is 8.78 Å². The predicted octanol–water partition coefficient (Wildman–Crippen LogP) is 3.63. The number of benzene rings is 1. The molecule has 3 aromatic rings. The first-order valence-corrected chi connectivity index (χ1v) is 8.95. The molecule has 0 spiro atoms. The molecule has 0 atom stereocenters. The monoisotopic (exact) mass is 378 g/mol. The summed E-state index contributed by atoms with van der Waals surface area (Å²) in [7, 11) is 0. The maximum Gasteiger partial charge on any atom is 0.145 e. The van der Waals surface area contributed by atoms with Gasteiger partial charge in [-0.2, -0.15) is 5.10 Å². The zero-order valence-corrected chi connectivity index (χ0v) is 14.8. The third-order valence-electron chi connectivity index (χ3n) is 4.88. The van der Waals surface area contributed by atoms with E-state index in [-0.39, 0.29) is 11.4 Å². The van der Waals surface area contributed by atoms with E-state index in [4.69, 9.17) is 0 Å². The van der Waals surface area contributed by atoms with Gasteiger partial charge < -0.3 is 10.6 Å². The van der Waals surface area contributed by atoms with E-state index in [1.165, 1.54) is 30.0 Å². The standard InChI is InChI=1S/C20H16F2N6/c21-14-2-1-3-15(22)17(14)20-26-16-10-25-28-18(16)13-8-12(9-24-19(13)27-20)11-4-6-23-7-5-11/h1-4,8-10,23H,5-7H2,(H,25,28)(H,24,26,27). The third kappa shape index (κ3) is 2.78. The van der Waals surface area contributed by atoms with Crippen LogP contribution >= 0.6 is 0 Å². The van der Waals surface area contributed by atoms with Gasteiger partial charge in [-0.15, -0.1) is 0 Å². The summed E-state index contributed by atoms with van der Waals surface area (Å²) in [5.41, 5.74) is 3.87. The molecule has 5 rings (SSSR count). The number of aromatic amines is 1. The number of aliphatic imine (C=N–C) groups is 1. The number of amidine groups is 1. The first-order valence-electron chi connectivity index (χ1n) is 8.95. The third-order valence-corrected chi connectivity index (χ3v) is 4.88. The van der Waals surface area contributed by atoms with Crippen molar-refractivity contribution in [3.05, 3.63) is 65.5 Å². The normalized spacial score (nSPS) is 15.6. The van der Waals surface area contributed by atoms with E-state index in [0.717, 1.165) is 30.6 Å². The van der Waals surface area contributed by atoms with Gasteiger partial charge in [-0.05, 0) is 42.3 Å². The van der Waals surface area contributed by atoms with Crippen LogP contribution in [0, 0.1) is 11.6 Å². The number of fused-ring (bicyclic) bond motifs is 3. The van der Waals surface area contributed by atoms with Crippen molar-refractivity contribution in [3.8, 4) is 11.3 Å². The highest BCUT2D eigenvalue weighted by Gasteiger charge is 2.24. The summed E-state index contributed by atoms with van der Waals surface area (Å²) >= 11 is 0. The van der Waals surface area contributed by atoms with E-state index < -0.39 is 11.6 Å². The summed E-state index contributed by atoms with van der Waals surface area (Å²) in [4.78, 5) is 8.94. The van der Waals surface area contributed by atoms with Gasteiger partial charge in [0.15, 0.2) is 0 Å². The summed E-state index contributed by atoms with van der Waals surface area (Å²) in [6.07, 6.45) is 6.34. The van der Waals surface area contributed by atoms with Gasteiger partial charge in [0, 0.05) is 18.3 Å². The number of rotatable bonds is 2. The van der Waals surface area contributed by atoms with Gasteiger partial charge in [-0.3, -0.25) is 5.10 Å². The smallest absolute Gasteiger partial charge is 0.145 e. The fraction of sp³-hybridized carbons (Fsp3) is 0.150. The van der Waals surface area contributed by atoms with E-state index in [2.05, 4.69) is 36.9 Å². The zero-order valence-electron chi connectivity index (χ0n) is 14.8. The van der Waals surface area contributed by atoms with E-state index >= 15 is 0 Å². The van der Waals surface area contributed by atoms with Gasteiger partial charge in [0.05, 0.1) is 17.5 Å². The van der Waals surface area contributed by atoms with Crippen LogP contribution in [0.2, 0.25) is 0 Å². The summed E-state index contributed by atoms with van der Waals surface area (Å²) in [6.45, 7) is 1.73. The fourth-order valence-electron chi connectivity index (χ4n) is 3.48. The molecular formula is C20H16F2N6. The molecule has 0 aliphatic carbocycles. The average molecular weight is 378 g/mol. The Labute approximate surface area is 159 Å². The van der Waals surface area contributed by atoms with E-state index in [0.29, 0.717) is 17.2 Å². The Morgan fingerprint density at radius 1 is 1.07 bits per heavy atom. The molecule has 6 nitrogen and oxygen atoms in total. The minimum atomic E-state index is -0.698. The maximum absolute atomic E-state index is 14.3. The second-order valence-corrected chi connectivity index (χ2v) is 6.62. The summed E-state index contributed by atoms with van der Waals surface area (Å²) < 4.78 is 28.7. The van der Waals surface area contributed by atoms with Crippen LogP contribution in [-0.4, -0.2) is 34.1 Å². The predicted molar refractivity (Wildman–Crippen MR) is 103 cm³/mol. The van der Waals surface area contributed by atoms with Crippen LogP contribution in [0.3, 0.4) is 0 Å². The largest absolute Gasteiger partial charge is 0.324 e. The van der Waals surface area contributed by atoms with E-state index in [1.54, 1.807) is 6.20 Å². The molecule has 3 N–H and O–H groups in total. The number of hydrogen-bond donors (Lipinski definition) is 3. The first-order chi connectivity index (χ1) is 13.7. The molecule has 28 heavy (non-hydrogen) atoms. The van der Waals surface area contributed by atoms with Crippen LogP contribution in [0.5, 0.6) is 0 Å². The van der Waals surface area contributed by atoms with Crippen molar-refractivity contribution in [3.63, 3.8) is 0 Å². The first kappa shape index (κ1) is 16.8. The molecule has 0 fully saturated rings. The molecule has 0 unspecified atom stereocenters. The molecule has 2 aliphatic heterocycles. The fourth-order valence-corrected chi connectivity index (χ4v) is 3.48. The molecule has 0 radical (unpaired) electrons. The SMILES string of the molecule is Fc1cccc(F)c1C1=Nc2cn[nH]c2-c2cc(C3=CCNCC3)cnc2N1. The molecule has 0 saturated heterocycles. The number of anilines is 1.